The number of aromatic amines is 1. The highest BCUT2D eigenvalue weighted by molar-refractivity contribution is 5.79. The molecule has 0 radical (unpaired) electrons. The lowest BCUT2D eigenvalue weighted by molar-refractivity contribution is 0.418. The van der Waals surface area contributed by atoms with Crippen molar-refractivity contribution in [1.29, 1.82) is 0 Å². The van der Waals surface area contributed by atoms with Crippen molar-refractivity contribution in [3.63, 3.8) is 0 Å². The van der Waals surface area contributed by atoms with Crippen LogP contribution in [0.25, 0.3) is 11.0 Å². The van der Waals surface area contributed by atoms with Crippen LogP contribution in [0.5, 0.6) is 5.75 Å². The van der Waals surface area contributed by atoms with E-state index in [9.17, 15) is 4.79 Å². The summed E-state index contributed by atoms with van der Waals surface area (Å²) in [5.41, 5.74) is 0.553. The normalized spacial score (nSPS) is 10.4. The van der Waals surface area contributed by atoms with Crippen molar-refractivity contribution in [2.24, 2.45) is 0 Å². The van der Waals surface area contributed by atoms with Gasteiger partial charge in [0.2, 0.25) is 0 Å². The summed E-state index contributed by atoms with van der Waals surface area (Å²) in [5.74, 6) is 1.11. The third kappa shape index (κ3) is 1.22. The number of H-pyrrole nitrogens is 1. The van der Waals surface area contributed by atoms with Gasteiger partial charge in [0.15, 0.2) is 5.52 Å². The van der Waals surface area contributed by atoms with Crippen LogP contribution in [0.2, 0.25) is 0 Å². The number of hydrogen-bond acceptors (Lipinski definition) is 4. The summed E-state index contributed by atoms with van der Waals surface area (Å²) in [6.45, 7) is 1.72. The Hall–Kier alpha value is -1.91. The highest BCUT2D eigenvalue weighted by Crippen LogP contribution is 2.18. The molecule has 0 bridgehead atoms. The predicted molar refractivity (Wildman–Crippen MR) is 51.4 cm³/mol. The third-order valence-corrected chi connectivity index (χ3v) is 1.90. The van der Waals surface area contributed by atoms with E-state index in [1.54, 1.807) is 13.0 Å². The Balaban J connectivity index is 2.94. The summed E-state index contributed by atoms with van der Waals surface area (Å²) >= 11 is 0. The van der Waals surface area contributed by atoms with Gasteiger partial charge in [0.1, 0.15) is 17.1 Å². The molecule has 2 rings (SSSR count). The fourth-order valence-electron chi connectivity index (χ4n) is 1.29. The smallest absolute Gasteiger partial charge is 0.277 e. The minimum atomic E-state index is -0.244. The Kier molecular flexibility index (Phi) is 1.92. The van der Waals surface area contributed by atoms with Crippen LogP contribution in [0.3, 0.4) is 0 Å². The van der Waals surface area contributed by atoms with Gasteiger partial charge < -0.3 is 9.72 Å². The number of aromatic nitrogens is 3. The summed E-state index contributed by atoms with van der Waals surface area (Å²) < 4.78 is 5.08. The molecule has 0 aliphatic carbocycles. The van der Waals surface area contributed by atoms with Crippen molar-refractivity contribution >= 4 is 11.0 Å². The molecular formula is C9H9N3O2. The quantitative estimate of drug-likeness (QED) is 0.718. The topological polar surface area (TPSA) is 67.9 Å². The van der Waals surface area contributed by atoms with Gasteiger partial charge in [-0.3, -0.25) is 4.79 Å². The van der Waals surface area contributed by atoms with Gasteiger partial charge in [-0.25, -0.2) is 9.97 Å². The fourth-order valence-corrected chi connectivity index (χ4v) is 1.29. The number of aryl methyl sites for hydroxylation is 1. The number of rotatable bonds is 1. The molecule has 0 spiro atoms. The molecule has 0 fully saturated rings. The average Bonchev–Trinajstić information content (AvgIpc) is 2.17. The molecule has 1 N–H and O–H groups in total. The molecule has 5 nitrogen and oxygen atoms in total. The van der Waals surface area contributed by atoms with Crippen molar-refractivity contribution in [2.45, 2.75) is 6.92 Å². The zero-order chi connectivity index (χ0) is 10.1. The van der Waals surface area contributed by atoms with Gasteiger partial charge in [0, 0.05) is 12.3 Å². The van der Waals surface area contributed by atoms with Crippen LogP contribution in [-0.2, 0) is 0 Å². The maximum Gasteiger partial charge on any atom is 0.277 e. The van der Waals surface area contributed by atoms with Crippen LogP contribution in [0.15, 0.2) is 17.1 Å². The number of ether oxygens (including phenoxy) is 1. The number of hydrogen-bond donors (Lipinski definition) is 1. The summed E-state index contributed by atoms with van der Waals surface area (Å²) in [7, 11) is 1.53. The first-order valence-electron chi connectivity index (χ1n) is 4.12. The summed E-state index contributed by atoms with van der Waals surface area (Å²) in [6, 6.07) is 1.67. The molecule has 0 aromatic carbocycles. The van der Waals surface area contributed by atoms with Gasteiger partial charge in [-0.15, -0.1) is 0 Å². The number of pyridine rings is 1. The van der Waals surface area contributed by atoms with Gasteiger partial charge in [0.05, 0.1) is 7.11 Å². The number of fused-ring (bicyclic) bond motifs is 1. The lowest BCUT2D eigenvalue weighted by Crippen LogP contribution is -2.11. The predicted octanol–water partition coefficient (Wildman–Crippen LogP) is 0.635. The Morgan fingerprint density at radius 2 is 2.21 bits per heavy atom. The highest BCUT2D eigenvalue weighted by Gasteiger charge is 2.07. The highest BCUT2D eigenvalue weighted by atomic mass is 16.5. The molecule has 0 amide bonds. The second kappa shape index (κ2) is 3.10. The summed E-state index contributed by atoms with van der Waals surface area (Å²) in [6.07, 6.45) is 1.52. The van der Waals surface area contributed by atoms with E-state index >= 15 is 0 Å². The zero-order valence-corrected chi connectivity index (χ0v) is 7.87. The Bertz CT molecular complexity index is 533. The molecular weight excluding hydrogens is 182 g/mol. The van der Waals surface area contributed by atoms with Gasteiger partial charge in [0.25, 0.3) is 5.56 Å². The van der Waals surface area contributed by atoms with Crippen LogP contribution in [0.1, 0.15) is 5.82 Å². The number of methoxy groups -OCH3 is 1. The van der Waals surface area contributed by atoms with E-state index in [4.69, 9.17) is 4.74 Å². The molecule has 0 saturated heterocycles. The largest absolute Gasteiger partial charge is 0.494 e. The number of nitrogens with one attached hydrogen (secondary N) is 1. The molecule has 0 aliphatic heterocycles. The average molecular weight is 191 g/mol. The maximum atomic E-state index is 11.5. The van der Waals surface area contributed by atoms with E-state index in [-0.39, 0.29) is 5.56 Å². The van der Waals surface area contributed by atoms with Gasteiger partial charge in [-0.1, -0.05) is 0 Å². The molecule has 0 atom stereocenters. The van der Waals surface area contributed by atoms with Crippen molar-refractivity contribution in [1.82, 2.24) is 15.0 Å². The summed E-state index contributed by atoms with van der Waals surface area (Å²) in [4.78, 5) is 22.1. The van der Waals surface area contributed by atoms with E-state index in [0.717, 1.165) is 0 Å². The first-order valence-corrected chi connectivity index (χ1v) is 4.12. The molecule has 2 aromatic rings. The van der Waals surface area contributed by atoms with Crippen LogP contribution < -0.4 is 10.3 Å². The maximum absolute atomic E-state index is 11.5. The van der Waals surface area contributed by atoms with Gasteiger partial charge in [-0.05, 0) is 6.92 Å². The van der Waals surface area contributed by atoms with Crippen molar-refractivity contribution < 1.29 is 4.74 Å². The summed E-state index contributed by atoms with van der Waals surface area (Å²) in [5, 5.41) is 0. The van der Waals surface area contributed by atoms with Crippen LogP contribution >= 0.6 is 0 Å². The SMILES string of the molecule is COc1ccnc2c(=O)[nH]c(C)nc12. The molecule has 2 aromatic heterocycles. The van der Waals surface area contributed by atoms with Crippen LogP contribution in [-0.4, -0.2) is 22.1 Å². The second-order valence-electron chi connectivity index (χ2n) is 2.86. The molecule has 14 heavy (non-hydrogen) atoms. The molecule has 72 valence electrons. The molecule has 0 aliphatic rings. The van der Waals surface area contributed by atoms with Gasteiger partial charge in [-0.2, -0.15) is 0 Å². The monoisotopic (exact) mass is 191 g/mol. The number of nitrogens with zero attached hydrogens (tertiary/aromatic N) is 2. The van der Waals surface area contributed by atoms with E-state index in [1.807, 2.05) is 0 Å². The molecule has 0 unspecified atom stereocenters. The van der Waals surface area contributed by atoms with Crippen molar-refractivity contribution in [2.75, 3.05) is 7.11 Å². The molecule has 2 heterocycles. The Morgan fingerprint density at radius 1 is 1.43 bits per heavy atom. The van der Waals surface area contributed by atoms with E-state index < -0.39 is 0 Å². The zero-order valence-electron chi connectivity index (χ0n) is 7.87. The Morgan fingerprint density at radius 3 is 2.93 bits per heavy atom. The minimum absolute atomic E-state index is 0.244. The Labute approximate surface area is 79.8 Å². The lowest BCUT2D eigenvalue weighted by Gasteiger charge is -2.03. The minimum Gasteiger partial charge on any atom is -0.494 e. The van der Waals surface area contributed by atoms with E-state index in [1.165, 1.54) is 13.3 Å². The van der Waals surface area contributed by atoms with E-state index in [2.05, 4.69) is 15.0 Å². The molecule has 0 saturated carbocycles. The molecule has 5 heteroatoms. The standard InChI is InChI=1S/C9H9N3O2/c1-5-11-7-6(14-2)3-4-10-8(7)9(13)12-5/h3-4H,1-2H3,(H,11,12,13). The van der Waals surface area contributed by atoms with Crippen LogP contribution in [0, 0.1) is 6.92 Å². The third-order valence-electron chi connectivity index (χ3n) is 1.90. The second-order valence-corrected chi connectivity index (χ2v) is 2.86. The van der Waals surface area contributed by atoms with E-state index in [0.29, 0.717) is 22.6 Å². The lowest BCUT2D eigenvalue weighted by atomic mass is 10.3. The van der Waals surface area contributed by atoms with Crippen molar-refractivity contribution in [3.05, 3.63) is 28.4 Å². The first kappa shape index (κ1) is 8.68. The van der Waals surface area contributed by atoms with Crippen molar-refractivity contribution in [3.8, 4) is 5.75 Å². The van der Waals surface area contributed by atoms with Gasteiger partial charge >= 0.3 is 0 Å². The van der Waals surface area contributed by atoms with Crippen LogP contribution in [0.4, 0.5) is 0 Å². The first-order chi connectivity index (χ1) is 6.72. The fraction of sp³-hybridized carbons (Fsp3) is 0.222.